The Hall–Kier alpha value is 0.134. The molecule has 1 saturated heterocycles. The summed E-state index contributed by atoms with van der Waals surface area (Å²) < 4.78 is 6.60. The molecule has 98 valence electrons. The summed E-state index contributed by atoms with van der Waals surface area (Å²) in [5.74, 6) is 0. The van der Waals surface area contributed by atoms with Gasteiger partial charge in [0.1, 0.15) is 9.76 Å². The van der Waals surface area contributed by atoms with E-state index in [1.807, 2.05) is 0 Å². The predicted molar refractivity (Wildman–Crippen MR) is 80.5 cm³/mol. The summed E-state index contributed by atoms with van der Waals surface area (Å²) in [5, 5.41) is 0. The molecule has 1 aliphatic heterocycles. The van der Waals surface area contributed by atoms with Crippen LogP contribution in [0.3, 0.4) is 0 Å². The van der Waals surface area contributed by atoms with Crippen LogP contribution in [0.1, 0.15) is 57.8 Å². The van der Waals surface area contributed by atoms with Gasteiger partial charge in [0.2, 0.25) is 8.32 Å². The second-order valence-corrected chi connectivity index (χ2v) is 11.8. The Bertz CT molecular complexity index is 226. The highest BCUT2D eigenvalue weighted by atomic mass is 28.4. The molecular weight excluding hydrogens is 240 g/mol. The Balaban J connectivity index is 2.04. The van der Waals surface area contributed by atoms with Gasteiger partial charge in [0, 0.05) is 0 Å². The van der Waals surface area contributed by atoms with Gasteiger partial charge in [-0.25, -0.2) is 0 Å². The van der Waals surface area contributed by atoms with Gasteiger partial charge in [-0.05, 0) is 17.6 Å². The van der Waals surface area contributed by atoms with Crippen molar-refractivity contribution in [1.82, 2.24) is 0 Å². The minimum absolute atomic E-state index is 0.240. The first-order valence-corrected chi connectivity index (χ1v) is 11.5. The van der Waals surface area contributed by atoms with Crippen LogP contribution in [0, 0.1) is 0 Å². The molecule has 2 aliphatic rings. The van der Waals surface area contributed by atoms with Gasteiger partial charge in [-0.3, -0.25) is 0 Å². The first-order chi connectivity index (χ1) is 8.37. The molecule has 0 radical (unpaired) electrons. The predicted octanol–water partition coefficient (Wildman–Crippen LogP) is 4.08. The molecule has 3 heteroatoms. The monoisotopic (exact) mass is 268 g/mol. The molecule has 1 atom stereocenters. The van der Waals surface area contributed by atoms with Gasteiger partial charge in [-0.1, -0.05) is 63.5 Å². The Kier molecular flexibility index (Phi) is 5.51. The van der Waals surface area contributed by atoms with Crippen LogP contribution in [0.15, 0.2) is 12.3 Å². The molecule has 1 nitrogen and oxygen atoms in total. The van der Waals surface area contributed by atoms with Crippen LogP contribution in [0.4, 0.5) is 0 Å². The second-order valence-electron chi connectivity index (χ2n) is 5.86. The number of hydrogen-bond donors (Lipinski definition) is 0. The average Bonchev–Trinajstić information content (AvgIpc) is 2.52. The molecule has 1 heterocycles. The second kappa shape index (κ2) is 6.90. The molecule has 0 spiro atoms. The lowest BCUT2D eigenvalue weighted by atomic mass is 10.0. The van der Waals surface area contributed by atoms with Crippen molar-refractivity contribution in [3.63, 3.8) is 0 Å². The van der Waals surface area contributed by atoms with Gasteiger partial charge < -0.3 is 4.12 Å². The Morgan fingerprint density at radius 3 is 2.47 bits per heavy atom. The SMILES string of the molecule is C=C[Si]1(C2CCCCC2)CCCCCC[SiH2]O1. The third-order valence-electron chi connectivity index (χ3n) is 4.72. The minimum atomic E-state index is -1.54. The lowest BCUT2D eigenvalue weighted by Crippen LogP contribution is -2.43. The van der Waals surface area contributed by atoms with Crippen LogP contribution in [-0.4, -0.2) is 18.1 Å². The molecule has 0 aromatic heterocycles. The van der Waals surface area contributed by atoms with Gasteiger partial charge in [-0.2, -0.15) is 0 Å². The fraction of sp³-hybridized carbons (Fsp3) is 0.857. The maximum absolute atomic E-state index is 6.60. The van der Waals surface area contributed by atoms with E-state index in [4.69, 9.17) is 4.12 Å². The molecule has 17 heavy (non-hydrogen) atoms. The zero-order valence-corrected chi connectivity index (χ0v) is 13.7. The van der Waals surface area contributed by atoms with Crippen LogP contribution >= 0.6 is 0 Å². The molecule has 0 aromatic rings. The van der Waals surface area contributed by atoms with Crippen molar-refractivity contribution in [3.8, 4) is 0 Å². The number of rotatable bonds is 2. The van der Waals surface area contributed by atoms with Crippen LogP contribution in [0.5, 0.6) is 0 Å². The van der Waals surface area contributed by atoms with Gasteiger partial charge >= 0.3 is 0 Å². The third-order valence-corrected chi connectivity index (χ3v) is 12.3. The molecule has 2 fully saturated rings. The normalized spacial score (nSPS) is 34.8. The van der Waals surface area contributed by atoms with Crippen LogP contribution in [-0.2, 0) is 4.12 Å². The fourth-order valence-corrected chi connectivity index (χ4v) is 11.4. The highest BCUT2D eigenvalue weighted by Gasteiger charge is 2.40. The highest BCUT2D eigenvalue weighted by Crippen LogP contribution is 2.41. The lowest BCUT2D eigenvalue weighted by Gasteiger charge is -2.38. The summed E-state index contributed by atoms with van der Waals surface area (Å²) in [7, 11) is -1.79. The number of hydrogen-bond acceptors (Lipinski definition) is 1. The summed E-state index contributed by atoms with van der Waals surface area (Å²) in [5.41, 5.74) is 3.24. The van der Waals surface area contributed by atoms with Crippen molar-refractivity contribution in [2.24, 2.45) is 0 Å². The summed E-state index contributed by atoms with van der Waals surface area (Å²) in [6.07, 6.45) is 12.9. The maximum Gasteiger partial charge on any atom is 0.207 e. The third kappa shape index (κ3) is 3.55. The molecule has 0 aromatic carbocycles. The minimum Gasteiger partial charge on any atom is -0.457 e. The Morgan fingerprint density at radius 1 is 1.00 bits per heavy atom. The molecule has 1 saturated carbocycles. The zero-order chi connectivity index (χ0) is 12.0. The Morgan fingerprint density at radius 2 is 1.71 bits per heavy atom. The van der Waals surface area contributed by atoms with Gasteiger partial charge in [0.25, 0.3) is 0 Å². The van der Waals surface area contributed by atoms with E-state index in [1.54, 1.807) is 0 Å². The summed E-state index contributed by atoms with van der Waals surface area (Å²) >= 11 is 0. The van der Waals surface area contributed by atoms with E-state index >= 15 is 0 Å². The van der Waals surface area contributed by atoms with E-state index in [2.05, 4.69) is 12.3 Å². The topological polar surface area (TPSA) is 9.23 Å². The van der Waals surface area contributed by atoms with Crippen molar-refractivity contribution >= 4 is 18.1 Å². The quantitative estimate of drug-likeness (QED) is 0.686. The summed E-state index contributed by atoms with van der Waals surface area (Å²) in [6.45, 7) is 4.19. The highest BCUT2D eigenvalue weighted by molar-refractivity contribution is 6.83. The van der Waals surface area contributed by atoms with E-state index in [0.717, 1.165) is 5.54 Å². The molecule has 0 amide bonds. The Labute approximate surface area is 110 Å². The maximum atomic E-state index is 6.60. The molecular formula is C14H28OSi2. The van der Waals surface area contributed by atoms with Crippen molar-refractivity contribution in [2.45, 2.75) is 75.4 Å². The molecule has 0 bridgehead atoms. The zero-order valence-electron chi connectivity index (χ0n) is 11.3. The van der Waals surface area contributed by atoms with E-state index in [0.29, 0.717) is 0 Å². The van der Waals surface area contributed by atoms with Gasteiger partial charge in [0.05, 0.1) is 0 Å². The van der Waals surface area contributed by atoms with Crippen molar-refractivity contribution in [3.05, 3.63) is 12.3 Å². The van der Waals surface area contributed by atoms with E-state index in [9.17, 15) is 0 Å². The molecule has 0 N–H and O–H groups in total. The molecule has 1 aliphatic carbocycles. The molecule has 2 rings (SSSR count). The standard InChI is InChI=1S/C14H28OSi2/c1-2-17(14-10-6-5-7-11-14)13-9-4-3-8-12-16-15-17/h2,14H,1,3-13,16H2. The van der Waals surface area contributed by atoms with Crippen molar-refractivity contribution in [1.29, 1.82) is 0 Å². The van der Waals surface area contributed by atoms with Gasteiger partial charge in [0.15, 0.2) is 0 Å². The lowest BCUT2D eigenvalue weighted by molar-refractivity contribution is 0.445. The summed E-state index contributed by atoms with van der Waals surface area (Å²) in [6, 6.07) is 2.80. The van der Waals surface area contributed by atoms with E-state index in [-0.39, 0.29) is 9.76 Å². The first kappa shape index (κ1) is 13.6. The van der Waals surface area contributed by atoms with Crippen LogP contribution in [0.2, 0.25) is 17.6 Å². The van der Waals surface area contributed by atoms with Crippen LogP contribution in [0.25, 0.3) is 0 Å². The van der Waals surface area contributed by atoms with Crippen LogP contribution < -0.4 is 0 Å². The fourth-order valence-electron chi connectivity index (χ4n) is 3.61. The molecule has 1 unspecified atom stereocenters. The van der Waals surface area contributed by atoms with Crippen molar-refractivity contribution in [2.75, 3.05) is 0 Å². The average molecular weight is 269 g/mol. The summed E-state index contributed by atoms with van der Waals surface area (Å²) in [4.78, 5) is 0. The largest absolute Gasteiger partial charge is 0.457 e. The first-order valence-electron chi connectivity index (χ1n) is 7.65. The smallest absolute Gasteiger partial charge is 0.207 e. The van der Waals surface area contributed by atoms with Crippen molar-refractivity contribution < 1.29 is 4.12 Å². The van der Waals surface area contributed by atoms with Gasteiger partial charge in [-0.15, -0.1) is 6.58 Å². The van der Waals surface area contributed by atoms with E-state index < -0.39 is 8.32 Å². The van der Waals surface area contributed by atoms with E-state index in [1.165, 1.54) is 69.9 Å².